The highest BCUT2D eigenvalue weighted by Crippen LogP contribution is 2.41. The van der Waals surface area contributed by atoms with Crippen LogP contribution in [0.1, 0.15) is 46.5 Å². The van der Waals surface area contributed by atoms with Gasteiger partial charge in [-0.25, -0.2) is 4.98 Å². The van der Waals surface area contributed by atoms with Crippen molar-refractivity contribution in [1.82, 2.24) is 9.97 Å². The Labute approximate surface area is 185 Å². The molecule has 1 aromatic carbocycles. The fraction of sp³-hybridized carbons (Fsp3) is 0.542. The number of hydrogen-bond acceptors (Lipinski definition) is 6. The van der Waals surface area contributed by atoms with Crippen LogP contribution in [0, 0.1) is 5.41 Å². The fourth-order valence-corrected chi connectivity index (χ4v) is 4.86. The van der Waals surface area contributed by atoms with Gasteiger partial charge in [-0.15, -0.1) is 0 Å². The molecule has 2 heterocycles. The zero-order valence-corrected chi connectivity index (χ0v) is 19.3. The lowest BCUT2D eigenvalue weighted by molar-refractivity contribution is -0.125. The van der Waals surface area contributed by atoms with Crippen LogP contribution in [-0.4, -0.2) is 49.2 Å². The minimum atomic E-state index is -0.495. The Hall–Kier alpha value is -2.83. The molecule has 1 fully saturated rings. The highest BCUT2D eigenvalue weighted by atomic mass is 16.5. The molecule has 7 heteroatoms. The molecule has 1 aliphatic heterocycles. The normalized spacial score (nSPS) is 18.7. The lowest BCUT2D eigenvalue weighted by atomic mass is 9.91. The minimum absolute atomic E-state index is 0.0997. The van der Waals surface area contributed by atoms with Crippen molar-refractivity contribution in [1.29, 1.82) is 0 Å². The van der Waals surface area contributed by atoms with Crippen molar-refractivity contribution in [3.63, 3.8) is 0 Å². The summed E-state index contributed by atoms with van der Waals surface area (Å²) in [7, 11) is 3.51. The Morgan fingerprint density at radius 3 is 2.61 bits per heavy atom. The largest absolute Gasteiger partial charge is 0.495 e. The second-order valence-corrected chi connectivity index (χ2v) is 9.11. The van der Waals surface area contributed by atoms with Crippen molar-refractivity contribution < 1.29 is 9.53 Å². The molecule has 1 aliphatic carbocycles. The van der Waals surface area contributed by atoms with E-state index in [2.05, 4.69) is 21.7 Å². The molecule has 1 aromatic heterocycles. The maximum Gasteiger partial charge on any atom is 0.234 e. The van der Waals surface area contributed by atoms with E-state index in [1.54, 1.807) is 18.2 Å². The van der Waals surface area contributed by atoms with Gasteiger partial charge in [0.15, 0.2) is 5.82 Å². The van der Waals surface area contributed by atoms with Gasteiger partial charge in [0.25, 0.3) is 0 Å². The molecule has 7 nitrogen and oxygen atoms in total. The van der Waals surface area contributed by atoms with Crippen LogP contribution >= 0.6 is 0 Å². The molecule has 0 N–H and O–H groups in total. The molecule has 31 heavy (non-hydrogen) atoms. The topological polar surface area (TPSA) is 61.8 Å². The molecule has 2 aromatic rings. The second-order valence-electron chi connectivity index (χ2n) is 9.11. The van der Waals surface area contributed by atoms with Crippen LogP contribution in [0.5, 0.6) is 5.75 Å². The Bertz CT molecular complexity index is 955. The number of nitrogens with zero attached hydrogens (tertiary/aromatic N) is 5. The number of para-hydroxylation sites is 2. The van der Waals surface area contributed by atoms with Gasteiger partial charge in [0, 0.05) is 26.2 Å². The van der Waals surface area contributed by atoms with E-state index in [1.807, 2.05) is 45.2 Å². The van der Waals surface area contributed by atoms with Crippen molar-refractivity contribution >= 4 is 29.0 Å². The zero-order valence-electron chi connectivity index (χ0n) is 19.3. The van der Waals surface area contributed by atoms with Gasteiger partial charge in [0.2, 0.25) is 11.9 Å². The van der Waals surface area contributed by atoms with E-state index in [1.165, 1.54) is 12.8 Å². The predicted octanol–water partition coefficient (Wildman–Crippen LogP) is 4.39. The first-order valence-corrected chi connectivity index (χ1v) is 11.2. The minimum Gasteiger partial charge on any atom is -0.495 e. The summed E-state index contributed by atoms with van der Waals surface area (Å²) in [6, 6.07) is 8.32. The standard InChI is InChI=1S/C24H33N5O2/c1-6-28(18-13-9-10-14-20(18)31-5)23-25-15-19-21(26-23)29(17-11-7-8-12-17)16-24(2,3)22(30)27(19)4/h9-10,13-15,17H,6-8,11-12,16H2,1-5H3. The monoisotopic (exact) mass is 423 g/mol. The summed E-state index contributed by atoms with van der Waals surface area (Å²) >= 11 is 0. The maximum atomic E-state index is 13.2. The zero-order chi connectivity index (χ0) is 22.2. The van der Waals surface area contributed by atoms with Gasteiger partial charge in [-0.2, -0.15) is 4.98 Å². The Balaban J connectivity index is 1.83. The van der Waals surface area contributed by atoms with Crippen molar-refractivity contribution in [3.05, 3.63) is 30.5 Å². The molecule has 1 saturated carbocycles. The molecule has 0 atom stereocenters. The second kappa shape index (κ2) is 8.36. The summed E-state index contributed by atoms with van der Waals surface area (Å²) in [5.41, 5.74) is 1.21. The average molecular weight is 424 g/mol. The molecule has 166 valence electrons. The van der Waals surface area contributed by atoms with E-state index in [0.717, 1.165) is 35.8 Å². The molecule has 1 amide bonds. The van der Waals surface area contributed by atoms with Crippen LogP contribution in [-0.2, 0) is 4.79 Å². The summed E-state index contributed by atoms with van der Waals surface area (Å²) in [5.74, 6) is 2.35. The van der Waals surface area contributed by atoms with Gasteiger partial charge in [-0.3, -0.25) is 4.79 Å². The number of anilines is 4. The number of amides is 1. The lowest BCUT2D eigenvalue weighted by Gasteiger charge is -2.34. The first-order valence-electron chi connectivity index (χ1n) is 11.2. The third-order valence-electron chi connectivity index (χ3n) is 6.52. The number of hydrogen-bond donors (Lipinski definition) is 0. The molecule has 2 aliphatic rings. The SMILES string of the molecule is CCN(c1ncc2c(n1)N(C1CCCC1)CC(C)(C)C(=O)N2C)c1ccccc1OC. The summed E-state index contributed by atoms with van der Waals surface area (Å²) < 4.78 is 5.58. The number of carbonyl (C=O) groups excluding carboxylic acids is 1. The maximum absolute atomic E-state index is 13.2. The fourth-order valence-electron chi connectivity index (χ4n) is 4.86. The Kier molecular flexibility index (Phi) is 5.77. The van der Waals surface area contributed by atoms with Crippen molar-refractivity contribution in [2.24, 2.45) is 5.41 Å². The first kappa shape index (κ1) is 21.4. The van der Waals surface area contributed by atoms with E-state index in [4.69, 9.17) is 9.72 Å². The molecule has 0 saturated heterocycles. The third kappa shape index (κ3) is 3.82. The van der Waals surface area contributed by atoms with Crippen LogP contribution in [0.25, 0.3) is 0 Å². The number of methoxy groups -OCH3 is 1. The Morgan fingerprint density at radius 2 is 1.94 bits per heavy atom. The van der Waals surface area contributed by atoms with E-state index >= 15 is 0 Å². The van der Waals surface area contributed by atoms with Crippen LogP contribution in [0.2, 0.25) is 0 Å². The number of ether oxygens (including phenoxy) is 1. The van der Waals surface area contributed by atoms with E-state index in [0.29, 0.717) is 25.1 Å². The first-order chi connectivity index (χ1) is 14.9. The number of aromatic nitrogens is 2. The molecular formula is C24H33N5O2. The van der Waals surface area contributed by atoms with Crippen molar-refractivity contribution in [2.75, 3.05) is 41.9 Å². The molecular weight excluding hydrogens is 390 g/mol. The van der Waals surface area contributed by atoms with Crippen molar-refractivity contribution in [3.8, 4) is 5.75 Å². The van der Waals surface area contributed by atoms with E-state index in [9.17, 15) is 4.79 Å². The van der Waals surface area contributed by atoms with E-state index < -0.39 is 5.41 Å². The number of carbonyl (C=O) groups is 1. The third-order valence-corrected chi connectivity index (χ3v) is 6.52. The van der Waals surface area contributed by atoms with Gasteiger partial charge in [-0.1, -0.05) is 25.0 Å². The molecule has 0 bridgehead atoms. The van der Waals surface area contributed by atoms with Crippen LogP contribution < -0.4 is 19.4 Å². The highest BCUT2D eigenvalue weighted by molar-refractivity contribution is 6.00. The van der Waals surface area contributed by atoms with Crippen molar-refractivity contribution in [2.45, 2.75) is 52.5 Å². The quantitative estimate of drug-likeness (QED) is 0.711. The van der Waals surface area contributed by atoms with Crippen LogP contribution in [0.15, 0.2) is 30.5 Å². The Morgan fingerprint density at radius 1 is 1.23 bits per heavy atom. The van der Waals surface area contributed by atoms with Crippen LogP contribution in [0.3, 0.4) is 0 Å². The number of benzene rings is 1. The van der Waals surface area contributed by atoms with Crippen LogP contribution in [0.4, 0.5) is 23.1 Å². The molecule has 0 spiro atoms. The predicted molar refractivity (Wildman–Crippen MR) is 124 cm³/mol. The lowest BCUT2D eigenvalue weighted by Crippen LogP contribution is -2.45. The van der Waals surface area contributed by atoms with E-state index in [-0.39, 0.29) is 5.91 Å². The highest BCUT2D eigenvalue weighted by Gasteiger charge is 2.41. The average Bonchev–Trinajstić information content (AvgIpc) is 3.30. The molecule has 0 radical (unpaired) electrons. The summed E-state index contributed by atoms with van der Waals surface area (Å²) in [4.78, 5) is 29.1. The van der Waals surface area contributed by atoms with Gasteiger partial charge < -0.3 is 19.4 Å². The van der Waals surface area contributed by atoms with Gasteiger partial charge >= 0.3 is 0 Å². The van der Waals surface area contributed by atoms with Gasteiger partial charge in [0.1, 0.15) is 11.4 Å². The van der Waals surface area contributed by atoms with Gasteiger partial charge in [-0.05, 0) is 45.7 Å². The smallest absolute Gasteiger partial charge is 0.234 e. The number of fused-ring (bicyclic) bond motifs is 1. The molecule has 4 rings (SSSR count). The summed E-state index contributed by atoms with van der Waals surface area (Å²) in [5, 5.41) is 0. The number of rotatable bonds is 5. The molecule has 0 unspecified atom stereocenters. The summed E-state index contributed by atoms with van der Waals surface area (Å²) in [6.45, 7) is 7.49. The van der Waals surface area contributed by atoms with Gasteiger partial charge in [0.05, 0.1) is 24.4 Å². The summed E-state index contributed by atoms with van der Waals surface area (Å²) in [6.07, 6.45) is 6.52.